The van der Waals surface area contributed by atoms with Gasteiger partial charge in [-0.2, -0.15) is 0 Å². The van der Waals surface area contributed by atoms with Crippen LogP contribution in [-0.2, 0) is 4.74 Å². The van der Waals surface area contributed by atoms with E-state index in [2.05, 4.69) is 12.2 Å². The Hall–Kier alpha value is -1.06. The molecule has 1 fully saturated rings. The molecule has 1 N–H and O–H groups in total. The molecule has 3 heteroatoms. The Kier molecular flexibility index (Phi) is 7.61. The topological polar surface area (TPSA) is 30.5 Å². The quantitative estimate of drug-likeness (QED) is 0.711. The fraction of sp³-hybridized carbons (Fsp3) is 0.667. The molecule has 1 heterocycles. The normalized spacial score (nSPS) is 19.6. The van der Waals surface area contributed by atoms with Crippen LogP contribution in [0.2, 0.25) is 0 Å². The summed E-state index contributed by atoms with van der Waals surface area (Å²) in [5.74, 6) is 0.964. The summed E-state index contributed by atoms with van der Waals surface area (Å²) in [6.07, 6.45) is 7.55. The maximum atomic E-state index is 5.82. The number of benzene rings is 1. The Balaban J connectivity index is 1.67. The first-order valence-electron chi connectivity index (χ1n) is 8.41. The van der Waals surface area contributed by atoms with Crippen molar-refractivity contribution in [3.63, 3.8) is 0 Å². The lowest BCUT2D eigenvalue weighted by Crippen LogP contribution is -2.32. The largest absolute Gasteiger partial charge is 0.494 e. The molecule has 1 aromatic rings. The van der Waals surface area contributed by atoms with Crippen LogP contribution in [0.3, 0.4) is 0 Å². The lowest BCUT2D eigenvalue weighted by atomic mass is 10.0. The zero-order chi connectivity index (χ0) is 14.8. The van der Waals surface area contributed by atoms with Crippen LogP contribution in [0.15, 0.2) is 30.3 Å². The van der Waals surface area contributed by atoms with Crippen LogP contribution in [0.5, 0.6) is 5.75 Å². The van der Waals surface area contributed by atoms with Crippen molar-refractivity contribution in [2.75, 3.05) is 19.8 Å². The van der Waals surface area contributed by atoms with Crippen LogP contribution in [0.25, 0.3) is 0 Å². The number of hydrogen-bond acceptors (Lipinski definition) is 3. The van der Waals surface area contributed by atoms with E-state index in [1.807, 2.05) is 30.3 Å². The summed E-state index contributed by atoms with van der Waals surface area (Å²) in [6.45, 7) is 5.03. The molecule has 0 bridgehead atoms. The van der Waals surface area contributed by atoms with Crippen molar-refractivity contribution in [2.45, 2.75) is 57.6 Å². The molecular formula is C18H29NO2. The molecule has 1 aliphatic rings. The maximum Gasteiger partial charge on any atom is 0.119 e. The van der Waals surface area contributed by atoms with Gasteiger partial charge in [0.05, 0.1) is 12.7 Å². The van der Waals surface area contributed by atoms with Crippen LogP contribution in [-0.4, -0.2) is 31.9 Å². The fourth-order valence-electron chi connectivity index (χ4n) is 2.79. The van der Waals surface area contributed by atoms with E-state index in [1.54, 1.807) is 0 Å². The molecule has 3 nitrogen and oxygen atoms in total. The highest BCUT2D eigenvalue weighted by Gasteiger charge is 2.17. The molecule has 1 aliphatic heterocycles. The summed E-state index contributed by atoms with van der Waals surface area (Å²) in [6, 6.07) is 10.6. The van der Waals surface area contributed by atoms with Crippen LogP contribution in [0.1, 0.15) is 45.4 Å². The van der Waals surface area contributed by atoms with Gasteiger partial charge in [-0.3, -0.25) is 0 Å². The van der Waals surface area contributed by atoms with Crippen molar-refractivity contribution >= 4 is 0 Å². The van der Waals surface area contributed by atoms with Gasteiger partial charge >= 0.3 is 0 Å². The van der Waals surface area contributed by atoms with Gasteiger partial charge in [0.15, 0.2) is 0 Å². The third kappa shape index (κ3) is 6.49. The molecule has 1 saturated heterocycles. The van der Waals surface area contributed by atoms with Gasteiger partial charge in [-0.05, 0) is 57.2 Å². The Bertz CT molecular complexity index is 363. The average Bonchev–Trinajstić information content (AvgIpc) is 3.04. The van der Waals surface area contributed by atoms with E-state index in [4.69, 9.17) is 9.47 Å². The van der Waals surface area contributed by atoms with Crippen molar-refractivity contribution in [3.8, 4) is 5.75 Å². The van der Waals surface area contributed by atoms with E-state index in [9.17, 15) is 0 Å². The summed E-state index contributed by atoms with van der Waals surface area (Å²) < 4.78 is 11.5. The van der Waals surface area contributed by atoms with Gasteiger partial charge in [-0.1, -0.05) is 25.1 Å². The lowest BCUT2D eigenvalue weighted by molar-refractivity contribution is 0.0985. The highest BCUT2D eigenvalue weighted by atomic mass is 16.5. The van der Waals surface area contributed by atoms with Crippen molar-refractivity contribution in [3.05, 3.63) is 30.3 Å². The second-order valence-corrected chi connectivity index (χ2v) is 5.81. The molecule has 0 saturated carbocycles. The Morgan fingerprint density at radius 1 is 1.29 bits per heavy atom. The fourth-order valence-corrected chi connectivity index (χ4v) is 2.79. The van der Waals surface area contributed by atoms with Gasteiger partial charge in [0, 0.05) is 12.6 Å². The first-order valence-corrected chi connectivity index (χ1v) is 8.41. The highest BCUT2D eigenvalue weighted by molar-refractivity contribution is 5.20. The summed E-state index contributed by atoms with van der Waals surface area (Å²) >= 11 is 0. The Morgan fingerprint density at radius 2 is 2.14 bits per heavy atom. The molecule has 1 aromatic carbocycles. The van der Waals surface area contributed by atoms with Gasteiger partial charge in [0.1, 0.15) is 5.75 Å². The molecule has 0 spiro atoms. The molecular weight excluding hydrogens is 262 g/mol. The maximum absolute atomic E-state index is 5.82. The van der Waals surface area contributed by atoms with E-state index in [0.29, 0.717) is 12.1 Å². The number of nitrogens with one attached hydrogen (secondary N) is 1. The zero-order valence-electron chi connectivity index (χ0n) is 13.2. The van der Waals surface area contributed by atoms with Crippen LogP contribution in [0, 0.1) is 0 Å². The monoisotopic (exact) mass is 291 g/mol. The number of rotatable bonds is 10. The average molecular weight is 291 g/mol. The second-order valence-electron chi connectivity index (χ2n) is 5.81. The van der Waals surface area contributed by atoms with E-state index in [1.165, 1.54) is 32.1 Å². The minimum Gasteiger partial charge on any atom is -0.494 e. The SMILES string of the molecule is CCCNC(CCOc1ccccc1)CCC1CCCO1. The predicted molar refractivity (Wildman–Crippen MR) is 86.8 cm³/mol. The predicted octanol–water partition coefficient (Wildman–Crippen LogP) is 3.78. The summed E-state index contributed by atoms with van der Waals surface area (Å²) in [5, 5.41) is 3.64. The minimum atomic E-state index is 0.492. The van der Waals surface area contributed by atoms with Crippen molar-refractivity contribution in [1.29, 1.82) is 0 Å². The van der Waals surface area contributed by atoms with Gasteiger partial charge < -0.3 is 14.8 Å². The molecule has 2 rings (SSSR count). The molecule has 118 valence electrons. The van der Waals surface area contributed by atoms with Crippen LogP contribution >= 0.6 is 0 Å². The van der Waals surface area contributed by atoms with E-state index >= 15 is 0 Å². The highest BCUT2D eigenvalue weighted by Crippen LogP contribution is 2.18. The molecule has 0 amide bonds. The standard InChI is InChI=1S/C18H29NO2/c1-2-13-19-16(10-11-18-9-6-14-20-18)12-15-21-17-7-4-3-5-8-17/h3-5,7-8,16,18-19H,2,6,9-15H2,1H3. The van der Waals surface area contributed by atoms with Crippen molar-refractivity contribution < 1.29 is 9.47 Å². The van der Waals surface area contributed by atoms with Crippen LogP contribution in [0.4, 0.5) is 0 Å². The van der Waals surface area contributed by atoms with Crippen molar-refractivity contribution in [2.24, 2.45) is 0 Å². The summed E-state index contributed by atoms with van der Waals surface area (Å²) in [4.78, 5) is 0. The number of para-hydroxylation sites is 1. The van der Waals surface area contributed by atoms with E-state index < -0.39 is 0 Å². The molecule has 2 unspecified atom stereocenters. The first-order chi connectivity index (χ1) is 10.4. The molecule has 0 aromatic heterocycles. The Morgan fingerprint density at radius 3 is 2.86 bits per heavy atom. The summed E-state index contributed by atoms with van der Waals surface area (Å²) in [5.41, 5.74) is 0. The third-order valence-electron chi connectivity index (χ3n) is 4.02. The zero-order valence-corrected chi connectivity index (χ0v) is 13.2. The van der Waals surface area contributed by atoms with E-state index in [-0.39, 0.29) is 0 Å². The first kappa shape index (κ1) is 16.3. The van der Waals surface area contributed by atoms with Gasteiger partial charge in [0.25, 0.3) is 0 Å². The molecule has 21 heavy (non-hydrogen) atoms. The number of hydrogen-bond donors (Lipinski definition) is 1. The molecule has 0 radical (unpaired) electrons. The van der Waals surface area contributed by atoms with Gasteiger partial charge in [-0.25, -0.2) is 0 Å². The second kappa shape index (κ2) is 9.80. The van der Waals surface area contributed by atoms with Crippen LogP contribution < -0.4 is 10.1 Å². The van der Waals surface area contributed by atoms with Gasteiger partial charge in [-0.15, -0.1) is 0 Å². The minimum absolute atomic E-state index is 0.492. The Labute approximate surface area is 129 Å². The van der Waals surface area contributed by atoms with E-state index in [0.717, 1.165) is 31.9 Å². The smallest absolute Gasteiger partial charge is 0.119 e. The third-order valence-corrected chi connectivity index (χ3v) is 4.02. The van der Waals surface area contributed by atoms with Gasteiger partial charge in [0.2, 0.25) is 0 Å². The lowest BCUT2D eigenvalue weighted by Gasteiger charge is -2.20. The summed E-state index contributed by atoms with van der Waals surface area (Å²) in [7, 11) is 0. The van der Waals surface area contributed by atoms with Crippen molar-refractivity contribution in [1.82, 2.24) is 5.32 Å². The molecule has 2 atom stereocenters. The number of ether oxygens (including phenoxy) is 2. The molecule has 0 aliphatic carbocycles.